The van der Waals surface area contributed by atoms with Crippen molar-refractivity contribution in [1.82, 2.24) is 9.78 Å². The molecule has 3 rings (SSSR count). The van der Waals surface area contributed by atoms with Crippen molar-refractivity contribution in [3.05, 3.63) is 36.2 Å². The van der Waals surface area contributed by atoms with Gasteiger partial charge in [-0.3, -0.25) is 9.48 Å². The molecule has 2 aromatic rings. The molecule has 5 nitrogen and oxygen atoms in total. The van der Waals surface area contributed by atoms with Gasteiger partial charge in [0.15, 0.2) is 6.29 Å². The largest absolute Gasteiger partial charge is 0.573 e. The third-order valence-electron chi connectivity index (χ3n) is 3.87. The lowest BCUT2D eigenvalue weighted by Gasteiger charge is -2.22. The van der Waals surface area contributed by atoms with Crippen LogP contribution in [-0.2, 0) is 4.74 Å². The van der Waals surface area contributed by atoms with Gasteiger partial charge in [0.05, 0.1) is 17.8 Å². The molecule has 1 fully saturated rings. The minimum absolute atomic E-state index is 0.159. The fourth-order valence-corrected chi connectivity index (χ4v) is 2.66. The number of aromatic nitrogens is 2. The van der Waals surface area contributed by atoms with Gasteiger partial charge in [0.1, 0.15) is 5.75 Å². The molecular formula is C16H15F3N2O3. The first-order valence-corrected chi connectivity index (χ1v) is 7.43. The number of rotatable bonds is 4. The van der Waals surface area contributed by atoms with Crippen molar-refractivity contribution in [3.63, 3.8) is 0 Å². The van der Waals surface area contributed by atoms with Crippen molar-refractivity contribution in [2.75, 3.05) is 13.2 Å². The molecular weight excluding hydrogens is 325 g/mol. The lowest BCUT2D eigenvalue weighted by Crippen LogP contribution is -2.19. The number of halogens is 3. The van der Waals surface area contributed by atoms with E-state index in [1.165, 1.54) is 12.1 Å². The van der Waals surface area contributed by atoms with Crippen molar-refractivity contribution < 1.29 is 27.4 Å². The molecule has 1 aliphatic rings. The second-order valence-electron chi connectivity index (χ2n) is 5.47. The number of hydrogen-bond donors (Lipinski definition) is 0. The van der Waals surface area contributed by atoms with E-state index in [0.29, 0.717) is 30.6 Å². The summed E-state index contributed by atoms with van der Waals surface area (Å²) in [6.45, 7) is 1.33. The third kappa shape index (κ3) is 3.76. The first kappa shape index (κ1) is 16.5. The summed E-state index contributed by atoms with van der Waals surface area (Å²) >= 11 is 0. The Hall–Kier alpha value is -2.35. The molecule has 0 saturated carbocycles. The molecule has 0 N–H and O–H groups in total. The van der Waals surface area contributed by atoms with Crippen LogP contribution in [0.15, 0.2) is 30.6 Å². The van der Waals surface area contributed by atoms with Crippen molar-refractivity contribution in [2.24, 2.45) is 0 Å². The number of aldehydes is 1. The predicted octanol–water partition coefficient (Wildman–Crippen LogP) is 3.61. The highest BCUT2D eigenvalue weighted by molar-refractivity contribution is 5.81. The summed E-state index contributed by atoms with van der Waals surface area (Å²) in [6, 6.07) is 4.28. The monoisotopic (exact) mass is 340 g/mol. The van der Waals surface area contributed by atoms with Crippen LogP contribution in [0.25, 0.3) is 11.1 Å². The summed E-state index contributed by atoms with van der Waals surface area (Å²) in [6.07, 6.45) is 0.520. The van der Waals surface area contributed by atoms with Crippen molar-refractivity contribution in [1.29, 1.82) is 0 Å². The Bertz CT molecular complexity index is 722. The van der Waals surface area contributed by atoms with Crippen LogP contribution in [0.4, 0.5) is 13.2 Å². The van der Waals surface area contributed by atoms with E-state index in [0.717, 1.165) is 12.8 Å². The van der Waals surface area contributed by atoms with Gasteiger partial charge in [-0.15, -0.1) is 13.2 Å². The molecule has 0 bridgehead atoms. The molecule has 0 spiro atoms. The van der Waals surface area contributed by atoms with Crippen LogP contribution in [0.2, 0.25) is 0 Å². The van der Waals surface area contributed by atoms with E-state index in [2.05, 4.69) is 9.84 Å². The van der Waals surface area contributed by atoms with Crippen LogP contribution in [0.3, 0.4) is 0 Å². The second-order valence-corrected chi connectivity index (χ2v) is 5.47. The van der Waals surface area contributed by atoms with E-state index in [4.69, 9.17) is 4.74 Å². The van der Waals surface area contributed by atoms with Crippen LogP contribution in [0, 0.1) is 0 Å². The number of alkyl halides is 3. The van der Waals surface area contributed by atoms with E-state index in [-0.39, 0.29) is 11.6 Å². The normalized spacial score (nSPS) is 16.1. The summed E-state index contributed by atoms with van der Waals surface area (Å²) < 4.78 is 48.5. The molecule has 0 radical (unpaired) electrons. The molecule has 0 unspecified atom stereocenters. The van der Waals surface area contributed by atoms with Crippen molar-refractivity contribution >= 4 is 6.29 Å². The Morgan fingerprint density at radius 1 is 1.25 bits per heavy atom. The van der Waals surface area contributed by atoms with Gasteiger partial charge in [0, 0.05) is 25.0 Å². The zero-order chi connectivity index (χ0) is 17.2. The maximum Gasteiger partial charge on any atom is 0.573 e. The molecule has 1 saturated heterocycles. The summed E-state index contributed by atoms with van der Waals surface area (Å²) in [5, 5.41) is 4.29. The van der Waals surface area contributed by atoms with Crippen LogP contribution in [0.5, 0.6) is 5.75 Å². The highest BCUT2D eigenvalue weighted by Gasteiger charge is 2.32. The number of benzene rings is 1. The van der Waals surface area contributed by atoms with Gasteiger partial charge in [0.2, 0.25) is 0 Å². The second kappa shape index (κ2) is 6.64. The van der Waals surface area contributed by atoms with Crippen molar-refractivity contribution in [2.45, 2.75) is 25.2 Å². The first-order chi connectivity index (χ1) is 11.5. The van der Waals surface area contributed by atoms with E-state index >= 15 is 0 Å². The topological polar surface area (TPSA) is 53.4 Å². The van der Waals surface area contributed by atoms with Crippen molar-refractivity contribution in [3.8, 4) is 16.9 Å². The quantitative estimate of drug-likeness (QED) is 0.798. The van der Waals surface area contributed by atoms with Gasteiger partial charge < -0.3 is 9.47 Å². The highest BCUT2D eigenvalue weighted by atomic mass is 19.4. The van der Waals surface area contributed by atoms with Gasteiger partial charge >= 0.3 is 6.36 Å². The highest BCUT2D eigenvalue weighted by Crippen LogP contribution is 2.31. The maximum absolute atomic E-state index is 12.5. The van der Waals surface area contributed by atoms with E-state index in [9.17, 15) is 18.0 Å². The van der Waals surface area contributed by atoms with Crippen LogP contribution in [0.1, 0.15) is 29.2 Å². The predicted molar refractivity (Wildman–Crippen MR) is 78.8 cm³/mol. The van der Waals surface area contributed by atoms with Gasteiger partial charge in [0.25, 0.3) is 0 Å². The average Bonchev–Trinajstić information content (AvgIpc) is 3.04. The summed E-state index contributed by atoms with van der Waals surface area (Å²) in [5.74, 6) is -0.520. The Kier molecular flexibility index (Phi) is 4.57. The van der Waals surface area contributed by atoms with Crippen LogP contribution >= 0.6 is 0 Å². The average molecular weight is 340 g/mol. The minimum Gasteiger partial charge on any atom is -0.405 e. The van der Waals surface area contributed by atoms with Gasteiger partial charge in [-0.2, -0.15) is 5.10 Å². The van der Waals surface area contributed by atoms with Gasteiger partial charge in [-0.1, -0.05) is 6.07 Å². The zero-order valence-corrected chi connectivity index (χ0v) is 12.6. The maximum atomic E-state index is 12.5. The summed E-state index contributed by atoms with van der Waals surface area (Å²) in [5.41, 5.74) is 0.997. The standard InChI is InChI=1S/C16H15F3N2O3/c17-16(18,19)24-15-7-11(1-2-12(15)10-22)13-8-20-21(9-13)14-3-5-23-6-4-14/h1-2,7-10,14H,3-6H2. The number of carbonyl (C=O) groups is 1. The molecule has 8 heteroatoms. The lowest BCUT2D eigenvalue weighted by molar-refractivity contribution is -0.274. The minimum atomic E-state index is -4.86. The molecule has 24 heavy (non-hydrogen) atoms. The zero-order valence-electron chi connectivity index (χ0n) is 12.6. The number of nitrogens with zero attached hydrogens (tertiary/aromatic N) is 2. The fraction of sp³-hybridized carbons (Fsp3) is 0.375. The molecule has 0 atom stereocenters. The molecule has 1 aromatic carbocycles. The SMILES string of the molecule is O=Cc1ccc(-c2cnn(C3CCOCC3)c2)cc1OC(F)(F)F. The van der Waals surface area contributed by atoms with E-state index in [1.807, 2.05) is 0 Å². The molecule has 128 valence electrons. The van der Waals surface area contributed by atoms with E-state index < -0.39 is 12.1 Å². The third-order valence-corrected chi connectivity index (χ3v) is 3.87. The molecule has 1 aromatic heterocycles. The van der Waals surface area contributed by atoms with Crippen LogP contribution < -0.4 is 4.74 Å². The Morgan fingerprint density at radius 2 is 2.00 bits per heavy atom. The summed E-state index contributed by atoms with van der Waals surface area (Å²) in [4.78, 5) is 10.9. The van der Waals surface area contributed by atoms with Gasteiger partial charge in [-0.25, -0.2) is 0 Å². The molecule has 1 aliphatic heterocycles. The Morgan fingerprint density at radius 3 is 2.67 bits per heavy atom. The molecule has 2 heterocycles. The number of ether oxygens (including phenoxy) is 2. The Labute approximate surface area is 136 Å². The molecule has 0 aliphatic carbocycles. The fourth-order valence-electron chi connectivity index (χ4n) is 2.66. The van der Waals surface area contributed by atoms with E-state index in [1.54, 1.807) is 23.1 Å². The number of hydrogen-bond acceptors (Lipinski definition) is 4. The molecule has 0 amide bonds. The Balaban J connectivity index is 1.87. The first-order valence-electron chi connectivity index (χ1n) is 7.43. The summed E-state index contributed by atoms with van der Waals surface area (Å²) in [7, 11) is 0. The smallest absolute Gasteiger partial charge is 0.405 e. The lowest BCUT2D eigenvalue weighted by atomic mass is 10.1. The number of carbonyl (C=O) groups excluding carboxylic acids is 1. The van der Waals surface area contributed by atoms with Crippen LogP contribution in [-0.4, -0.2) is 35.6 Å². The van der Waals surface area contributed by atoms with Gasteiger partial charge in [-0.05, 0) is 30.5 Å².